The Labute approximate surface area is 196 Å². The monoisotopic (exact) mass is 458 g/mol. The first-order valence-corrected chi connectivity index (χ1v) is 11.1. The second-order valence-electron chi connectivity index (χ2n) is 7.67. The van der Waals surface area contributed by atoms with E-state index >= 15 is 0 Å². The van der Waals surface area contributed by atoms with E-state index in [9.17, 15) is 0 Å². The average molecular weight is 459 g/mol. The molecule has 3 heterocycles. The Hall–Kier alpha value is -3.84. The predicted molar refractivity (Wildman–Crippen MR) is 130 cm³/mol. The number of aromatic nitrogens is 5. The zero-order valence-electron chi connectivity index (χ0n) is 17.9. The van der Waals surface area contributed by atoms with Gasteiger partial charge in [0.25, 0.3) is 0 Å². The quantitative estimate of drug-likeness (QED) is 0.319. The maximum Gasteiger partial charge on any atom is 0.137 e. The van der Waals surface area contributed by atoms with Crippen LogP contribution in [0.2, 0.25) is 5.02 Å². The van der Waals surface area contributed by atoms with E-state index in [4.69, 9.17) is 21.4 Å². The van der Waals surface area contributed by atoms with E-state index in [1.54, 1.807) is 12.4 Å². The zero-order chi connectivity index (χ0) is 22.5. The number of nitrogens with one attached hydrogen (secondary N) is 1. The van der Waals surface area contributed by atoms with Gasteiger partial charge in [-0.05, 0) is 47.5 Å². The molecule has 3 aromatic heterocycles. The third-order valence-corrected chi connectivity index (χ3v) is 5.48. The molecule has 166 valence electrons. The molecule has 0 spiro atoms. The lowest BCUT2D eigenvalue weighted by molar-refractivity contribution is 0.333. The molecule has 0 fully saturated rings. The first-order valence-electron chi connectivity index (χ1n) is 10.7. The summed E-state index contributed by atoms with van der Waals surface area (Å²) in [6, 6.07) is 19.7. The van der Waals surface area contributed by atoms with Crippen molar-refractivity contribution in [3.63, 3.8) is 0 Å². The molecule has 5 aromatic rings. The Balaban J connectivity index is 1.20. The molecule has 0 unspecified atom stereocenters. The summed E-state index contributed by atoms with van der Waals surface area (Å²) in [5.41, 5.74) is 3.30. The van der Waals surface area contributed by atoms with Crippen molar-refractivity contribution in [1.29, 1.82) is 0 Å². The Bertz CT molecular complexity index is 1310. The summed E-state index contributed by atoms with van der Waals surface area (Å²) in [6.45, 7) is 2.59. The van der Waals surface area contributed by atoms with Crippen LogP contribution in [-0.2, 0) is 13.1 Å². The Morgan fingerprint density at radius 1 is 0.879 bits per heavy atom. The summed E-state index contributed by atoms with van der Waals surface area (Å²) >= 11 is 5.91. The number of fused-ring (bicyclic) bond motifs is 1. The molecule has 1 N–H and O–H groups in total. The Kier molecular flexibility index (Phi) is 6.21. The first-order chi connectivity index (χ1) is 16.2. The topological polar surface area (TPSA) is 69.8 Å². The third kappa shape index (κ3) is 5.32. The predicted octanol–water partition coefficient (Wildman–Crippen LogP) is 4.87. The smallest absolute Gasteiger partial charge is 0.137 e. The molecule has 0 radical (unpaired) electrons. The van der Waals surface area contributed by atoms with Gasteiger partial charge >= 0.3 is 0 Å². The number of halogens is 1. The summed E-state index contributed by atoms with van der Waals surface area (Å²) in [6.07, 6.45) is 7.56. The summed E-state index contributed by atoms with van der Waals surface area (Å²) < 4.78 is 9.61. The van der Waals surface area contributed by atoms with Crippen molar-refractivity contribution in [3.8, 4) is 5.75 Å². The summed E-state index contributed by atoms with van der Waals surface area (Å²) in [5, 5.41) is 14.0. The highest BCUT2D eigenvalue weighted by molar-refractivity contribution is 6.30. The lowest BCUT2D eigenvalue weighted by Gasteiger charge is -2.08. The molecule has 0 amide bonds. The second kappa shape index (κ2) is 9.75. The molecule has 0 aliphatic carbocycles. The van der Waals surface area contributed by atoms with Crippen LogP contribution in [0.3, 0.4) is 0 Å². The van der Waals surface area contributed by atoms with Crippen LogP contribution in [0, 0.1) is 0 Å². The van der Waals surface area contributed by atoms with Gasteiger partial charge in [0.05, 0.1) is 30.5 Å². The fourth-order valence-corrected chi connectivity index (χ4v) is 3.73. The molecule has 0 aliphatic rings. The molecule has 0 atom stereocenters. The van der Waals surface area contributed by atoms with Crippen LogP contribution in [0.5, 0.6) is 5.75 Å². The lowest BCUT2D eigenvalue weighted by atomic mass is 10.1. The fraction of sp³-hybridized carbons (Fsp3) is 0.160. The number of hydrogen-bond acceptors (Lipinski definition) is 5. The normalized spacial score (nSPS) is 11.1. The largest absolute Gasteiger partial charge is 0.492 e. The van der Waals surface area contributed by atoms with E-state index in [1.165, 1.54) is 11.1 Å². The number of benzene rings is 2. The van der Waals surface area contributed by atoms with Crippen molar-refractivity contribution in [1.82, 2.24) is 24.5 Å². The van der Waals surface area contributed by atoms with Gasteiger partial charge in [-0.3, -0.25) is 9.36 Å². The highest BCUT2D eigenvalue weighted by Gasteiger charge is 2.08. The van der Waals surface area contributed by atoms with Gasteiger partial charge < -0.3 is 10.1 Å². The van der Waals surface area contributed by atoms with Gasteiger partial charge in [0.2, 0.25) is 0 Å². The van der Waals surface area contributed by atoms with Crippen molar-refractivity contribution < 1.29 is 4.74 Å². The summed E-state index contributed by atoms with van der Waals surface area (Å²) in [7, 11) is 0. The van der Waals surface area contributed by atoms with Gasteiger partial charge in [0.15, 0.2) is 0 Å². The number of hydrogen-bond donors (Lipinski definition) is 1. The molecule has 0 aliphatic heterocycles. The lowest BCUT2D eigenvalue weighted by Crippen LogP contribution is -2.12. The van der Waals surface area contributed by atoms with E-state index < -0.39 is 0 Å². The van der Waals surface area contributed by atoms with Crippen LogP contribution in [-0.4, -0.2) is 37.7 Å². The standard InChI is InChI=1S/C25H23ClN6O/c26-21-6-8-22(9-7-21)33-15-13-28-25-23-18-32(30-24(23)10-12-27-25)17-20-4-2-19(3-5-20)16-31-14-1-11-29-31/h1-12,14,18H,13,15-17H2,(H,27,28). The van der Waals surface area contributed by atoms with E-state index in [2.05, 4.69) is 39.7 Å². The van der Waals surface area contributed by atoms with Gasteiger partial charge in [-0.15, -0.1) is 0 Å². The summed E-state index contributed by atoms with van der Waals surface area (Å²) in [4.78, 5) is 4.48. The average Bonchev–Trinajstić information content (AvgIpc) is 3.49. The number of ether oxygens (including phenoxy) is 1. The van der Waals surface area contributed by atoms with Crippen LogP contribution in [0.1, 0.15) is 11.1 Å². The minimum atomic E-state index is 0.513. The van der Waals surface area contributed by atoms with Crippen molar-refractivity contribution in [2.75, 3.05) is 18.5 Å². The van der Waals surface area contributed by atoms with Crippen LogP contribution in [0.4, 0.5) is 5.82 Å². The number of anilines is 1. The van der Waals surface area contributed by atoms with E-state index in [-0.39, 0.29) is 0 Å². The van der Waals surface area contributed by atoms with E-state index in [1.807, 2.05) is 58.2 Å². The summed E-state index contributed by atoms with van der Waals surface area (Å²) in [5.74, 6) is 1.59. The molecule has 2 aromatic carbocycles. The van der Waals surface area contributed by atoms with E-state index in [0.717, 1.165) is 29.0 Å². The minimum Gasteiger partial charge on any atom is -0.492 e. The minimum absolute atomic E-state index is 0.513. The van der Waals surface area contributed by atoms with Crippen LogP contribution in [0.25, 0.3) is 10.9 Å². The van der Waals surface area contributed by atoms with Crippen molar-refractivity contribution in [3.05, 3.63) is 102 Å². The molecule has 0 bridgehead atoms. The van der Waals surface area contributed by atoms with Gasteiger partial charge in [0, 0.05) is 29.8 Å². The third-order valence-electron chi connectivity index (χ3n) is 5.23. The molecule has 7 nitrogen and oxygen atoms in total. The molecule has 5 rings (SSSR count). The van der Waals surface area contributed by atoms with Crippen LogP contribution >= 0.6 is 11.6 Å². The van der Waals surface area contributed by atoms with Crippen molar-refractivity contribution in [2.24, 2.45) is 0 Å². The maximum atomic E-state index is 5.91. The molecule has 0 saturated carbocycles. The molecule has 8 heteroatoms. The SMILES string of the molecule is Clc1ccc(OCCNc2nccc3nn(Cc4ccc(Cn5cccn5)cc4)cc23)cc1. The number of pyridine rings is 1. The van der Waals surface area contributed by atoms with Crippen LogP contribution in [0.15, 0.2) is 85.5 Å². The van der Waals surface area contributed by atoms with Gasteiger partial charge in [-0.2, -0.15) is 10.2 Å². The first kappa shape index (κ1) is 21.0. The highest BCUT2D eigenvalue weighted by atomic mass is 35.5. The molecular formula is C25H23ClN6O. The van der Waals surface area contributed by atoms with Gasteiger partial charge in [-0.1, -0.05) is 35.9 Å². The second-order valence-corrected chi connectivity index (χ2v) is 8.10. The van der Waals surface area contributed by atoms with Gasteiger partial charge in [0.1, 0.15) is 18.2 Å². The number of nitrogens with zero attached hydrogens (tertiary/aromatic N) is 5. The number of rotatable bonds is 9. The van der Waals surface area contributed by atoms with E-state index in [0.29, 0.717) is 24.7 Å². The van der Waals surface area contributed by atoms with Crippen LogP contribution < -0.4 is 10.1 Å². The fourth-order valence-electron chi connectivity index (χ4n) is 3.60. The Morgan fingerprint density at radius 2 is 1.64 bits per heavy atom. The van der Waals surface area contributed by atoms with Crippen molar-refractivity contribution >= 4 is 28.3 Å². The maximum absolute atomic E-state index is 5.91. The Morgan fingerprint density at radius 3 is 2.36 bits per heavy atom. The molecular weight excluding hydrogens is 436 g/mol. The highest BCUT2D eigenvalue weighted by Crippen LogP contribution is 2.21. The van der Waals surface area contributed by atoms with Crippen molar-refractivity contribution in [2.45, 2.75) is 13.1 Å². The van der Waals surface area contributed by atoms with Gasteiger partial charge in [-0.25, -0.2) is 4.98 Å². The molecule has 33 heavy (non-hydrogen) atoms. The molecule has 0 saturated heterocycles. The zero-order valence-corrected chi connectivity index (χ0v) is 18.7.